The fourth-order valence-corrected chi connectivity index (χ4v) is 3.65. The second kappa shape index (κ2) is 6.18. The van der Waals surface area contributed by atoms with Crippen molar-refractivity contribution in [1.29, 1.82) is 0 Å². The first-order valence-electron chi connectivity index (χ1n) is 7.97. The summed E-state index contributed by atoms with van der Waals surface area (Å²) in [6, 6.07) is 9.49. The molecular weight excluding hydrogens is 368 g/mol. The monoisotopic (exact) mass is 383 g/mol. The van der Waals surface area contributed by atoms with Crippen LogP contribution in [0, 0.1) is 0 Å². The maximum Gasteiger partial charge on any atom is 0.276 e. The number of rotatable bonds is 4. The summed E-state index contributed by atoms with van der Waals surface area (Å²) in [5.41, 5.74) is 6.88. The van der Waals surface area contributed by atoms with Crippen LogP contribution < -0.4 is 10.7 Å². The van der Waals surface area contributed by atoms with E-state index in [-0.39, 0.29) is 10.6 Å². The molecule has 1 aliphatic heterocycles. The van der Waals surface area contributed by atoms with Crippen molar-refractivity contribution in [3.63, 3.8) is 0 Å². The molecule has 27 heavy (non-hydrogen) atoms. The summed E-state index contributed by atoms with van der Waals surface area (Å²) in [5.74, 6) is -0.406. The Morgan fingerprint density at radius 1 is 1.11 bits per heavy atom. The fraction of sp³-hybridized carbons (Fsp3) is 0.118. The van der Waals surface area contributed by atoms with E-state index in [4.69, 9.17) is 0 Å². The number of sulfonamides is 1. The van der Waals surface area contributed by atoms with E-state index < -0.39 is 15.9 Å². The van der Waals surface area contributed by atoms with Gasteiger partial charge in [-0.3, -0.25) is 9.89 Å². The molecule has 137 valence electrons. The van der Waals surface area contributed by atoms with Crippen LogP contribution in [-0.4, -0.2) is 49.1 Å². The number of hydrogen-bond acceptors (Lipinski definition) is 5. The molecule has 2 N–H and O–H groups in total. The Labute approximate surface area is 155 Å². The first-order valence-corrected chi connectivity index (χ1v) is 9.41. The van der Waals surface area contributed by atoms with E-state index in [1.807, 2.05) is 0 Å². The van der Waals surface area contributed by atoms with Crippen LogP contribution >= 0.6 is 0 Å². The smallest absolute Gasteiger partial charge is 0.276 e. The van der Waals surface area contributed by atoms with E-state index in [9.17, 15) is 13.2 Å². The minimum absolute atomic E-state index is 0.148. The van der Waals surface area contributed by atoms with Gasteiger partial charge in [-0.25, -0.2) is 12.7 Å². The van der Waals surface area contributed by atoms with E-state index in [1.165, 1.54) is 38.4 Å². The second-order valence-electron chi connectivity index (χ2n) is 6.10. The highest BCUT2D eigenvalue weighted by Crippen LogP contribution is 2.28. The minimum Gasteiger partial charge on any atom is -0.321 e. The highest BCUT2D eigenvalue weighted by Gasteiger charge is 2.20. The van der Waals surface area contributed by atoms with Gasteiger partial charge >= 0.3 is 0 Å². The zero-order valence-corrected chi connectivity index (χ0v) is 15.3. The normalized spacial score (nSPS) is 13.0. The Hall–Kier alpha value is -3.24. The van der Waals surface area contributed by atoms with Crippen LogP contribution in [0.5, 0.6) is 0 Å². The lowest BCUT2D eigenvalue weighted by molar-refractivity contribution is 0.102. The summed E-state index contributed by atoms with van der Waals surface area (Å²) in [5, 5.41) is 14.2. The number of carbonyl (C=O) groups is 1. The molecular formula is C17H15N6O3S. The van der Waals surface area contributed by atoms with Crippen LogP contribution in [0.25, 0.3) is 10.9 Å². The molecule has 0 bridgehead atoms. The molecule has 3 aromatic rings. The molecule has 1 amide bonds. The first kappa shape index (κ1) is 17.2. The molecule has 1 aliphatic rings. The average Bonchev–Trinajstić information content (AvgIpc) is 3.28. The number of hydrogen-bond donors (Lipinski definition) is 2. The molecule has 0 atom stereocenters. The Bertz CT molecular complexity index is 1180. The summed E-state index contributed by atoms with van der Waals surface area (Å²) in [7, 11) is -0.596. The van der Waals surface area contributed by atoms with Gasteiger partial charge in [-0.15, -0.1) is 0 Å². The average molecular weight is 383 g/mol. The van der Waals surface area contributed by atoms with Gasteiger partial charge in [0.05, 0.1) is 22.3 Å². The van der Waals surface area contributed by atoms with Gasteiger partial charge in [-0.2, -0.15) is 15.6 Å². The topological polar surface area (TPSA) is 122 Å². The van der Waals surface area contributed by atoms with Crippen molar-refractivity contribution in [3.05, 3.63) is 47.7 Å². The third-order valence-corrected chi connectivity index (χ3v) is 6.04. The predicted molar refractivity (Wildman–Crippen MR) is 101 cm³/mol. The largest absolute Gasteiger partial charge is 0.321 e. The van der Waals surface area contributed by atoms with Crippen molar-refractivity contribution in [2.24, 2.45) is 5.10 Å². The van der Waals surface area contributed by atoms with Gasteiger partial charge in [0.15, 0.2) is 5.69 Å². The number of nitrogens with zero attached hydrogens (tertiary/aromatic N) is 4. The molecule has 4 rings (SSSR count). The number of anilines is 1. The maximum atomic E-state index is 12.6. The molecule has 0 aliphatic carbocycles. The Balaban J connectivity index is 1.60. The lowest BCUT2D eigenvalue weighted by Crippen LogP contribution is -2.22. The zero-order valence-electron chi connectivity index (χ0n) is 14.5. The molecule has 0 fully saturated rings. The molecule has 2 aromatic carbocycles. The van der Waals surface area contributed by atoms with E-state index in [0.717, 1.165) is 15.6 Å². The van der Waals surface area contributed by atoms with Crippen molar-refractivity contribution in [3.8, 4) is 0 Å². The third-order valence-electron chi connectivity index (χ3n) is 4.22. The second-order valence-corrected chi connectivity index (χ2v) is 8.26. The summed E-state index contributed by atoms with van der Waals surface area (Å²) in [6.07, 6.45) is 1.61. The fourth-order valence-electron chi connectivity index (χ4n) is 2.75. The van der Waals surface area contributed by atoms with E-state index >= 15 is 0 Å². The molecule has 0 unspecified atom stereocenters. The van der Waals surface area contributed by atoms with Crippen molar-refractivity contribution < 1.29 is 13.2 Å². The summed E-state index contributed by atoms with van der Waals surface area (Å²) in [4.78, 5) is 12.7. The highest BCUT2D eigenvalue weighted by atomic mass is 32.2. The maximum absolute atomic E-state index is 12.6. The van der Waals surface area contributed by atoms with Gasteiger partial charge < -0.3 is 5.32 Å². The quantitative estimate of drug-likeness (QED) is 0.711. The van der Waals surface area contributed by atoms with Gasteiger partial charge in [-0.1, -0.05) is 0 Å². The molecule has 10 heteroatoms. The number of nitrogens with one attached hydrogen (secondary N) is 2. The number of aromatic amines is 1. The number of benzene rings is 2. The van der Waals surface area contributed by atoms with Gasteiger partial charge in [0.2, 0.25) is 10.0 Å². The molecule has 9 nitrogen and oxygen atoms in total. The van der Waals surface area contributed by atoms with Gasteiger partial charge in [-0.05, 0) is 36.4 Å². The zero-order chi connectivity index (χ0) is 19.2. The van der Waals surface area contributed by atoms with Crippen LogP contribution in [0.2, 0.25) is 0 Å². The van der Waals surface area contributed by atoms with Gasteiger partial charge in [0.1, 0.15) is 0 Å². The van der Waals surface area contributed by atoms with Crippen molar-refractivity contribution >= 4 is 44.4 Å². The Morgan fingerprint density at radius 2 is 1.85 bits per heavy atom. The molecule has 0 saturated carbocycles. The Morgan fingerprint density at radius 3 is 2.56 bits per heavy atom. The lowest BCUT2D eigenvalue weighted by atomic mass is 10.1. The van der Waals surface area contributed by atoms with Crippen molar-refractivity contribution in [2.75, 3.05) is 19.4 Å². The standard InChI is InChI=1S/C17H15N6O3S/c1-23(2)27(25,26)11-5-3-10(4-6-11)19-17(24)16-12-7-8-14-13(9-18-20-14)15(12)21-22-16/h3-9H,1-2H3,(H,19,24)(H,21,22). The minimum atomic E-state index is -3.52. The first-order chi connectivity index (χ1) is 12.9. The molecule has 1 aromatic heterocycles. The number of H-pyrrole nitrogens is 1. The summed E-state index contributed by atoms with van der Waals surface area (Å²) < 4.78 is 25.3. The van der Waals surface area contributed by atoms with E-state index in [0.29, 0.717) is 16.6 Å². The Kier molecular flexibility index (Phi) is 3.93. The molecule has 0 spiro atoms. The summed E-state index contributed by atoms with van der Waals surface area (Å²) in [6.45, 7) is 0. The number of carbonyl (C=O) groups excluding carboxylic acids is 1. The van der Waals surface area contributed by atoms with Crippen LogP contribution in [0.4, 0.5) is 11.4 Å². The highest BCUT2D eigenvalue weighted by molar-refractivity contribution is 7.89. The third kappa shape index (κ3) is 2.84. The van der Waals surface area contributed by atoms with Crippen LogP contribution in [0.1, 0.15) is 16.1 Å². The van der Waals surface area contributed by atoms with Crippen LogP contribution in [-0.2, 0) is 10.0 Å². The lowest BCUT2D eigenvalue weighted by Gasteiger charge is -2.11. The van der Waals surface area contributed by atoms with Crippen molar-refractivity contribution in [2.45, 2.75) is 4.90 Å². The number of amides is 1. The molecule has 2 heterocycles. The van der Waals surface area contributed by atoms with E-state index in [2.05, 4.69) is 26.0 Å². The predicted octanol–water partition coefficient (Wildman–Crippen LogP) is 1.65. The molecule has 1 radical (unpaired) electrons. The van der Waals surface area contributed by atoms with Crippen LogP contribution in [0.15, 0.2) is 46.4 Å². The van der Waals surface area contributed by atoms with Crippen molar-refractivity contribution in [1.82, 2.24) is 19.9 Å². The van der Waals surface area contributed by atoms with Crippen LogP contribution in [0.3, 0.4) is 0 Å². The van der Waals surface area contributed by atoms with Gasteiger partial charge in [0.25, 0.3) is 5.91 Å². The number of aromatic nitrogens is 2. The molecule has 0 saturated heterocycles. The SMILES string of the molecule is CN(C)S(=O)(=O)c1ccc(NC(=O)c2n[nH]c3c4c(ccc23)[N]N=C4)cc1. The van der Waals surface area contributed by atoms with Gasteiger partial charge in [0, 0.05) is 30.7 Å². The summed E-state index contributed by atoms with van der Waals surface area (Å²) >= 11 is 0. The number of fused-ring (bicyclic) bond motifs is 3. The van der Waals surface area contributed by atoms with E-state index in [1.54, 1.807) is 18.3 Å².